The van der Waals surface area contributed by atoms with E-state index < -0.39 is 0 Å². The lowest BCUT2D eigenvalue weighted by Crippen LogP contribution is -2.26. The zero-order valence-electron chi connectivity index (χ0n) is 12.4. The number of halogens is 1. The number of pyridine rings is 1. The Morgan fingerprint density at radius 3 is 2.86 bits per heavy atom. The van der Waals surface area contributed by atoms with Crippen LogP contribution in [-0.2, 0) is 18.8 Å². The topological polar surface area (TPSA) is 29.3 Å². The molecule has 0 aliphatic heterocycles. The highest BCUT2D eigenvalue weighted by atomic mass is 35.5. The molecule has 21 heavy (non-hydrogen) atoms. The van der Waals surface area contributed by atoms with Crippen molar-refractivity contribution in [3.05, 3.63) is 47.5 Å². The molecule has 3 rings (SSSR count). The molecule has 1 aliphatic rings. The van der Waals surface area contributed by atoms with Gasteiger partial charge in [0.25, 0.3) is 0 Å². The highest BCUT2D eigenvalue weighted by Gasteiger charge is 2.31. The molecule has 0 amide bonds. The van der Waals surface area contributed by atoms with Gasteiger partial charge in [0.1, 0.15) is 11.6 Å². The zero-order valence-corrected chi connectivity index (χ0v) is 13.1. The van der Waals surface area contributed by atoms with Gasteiger partial charge in [-0.3, -0.25) is 0 Å². The maximum Gasteiger partial charge on any atom is 0.129 e. The smallest absolute Gasteiger partial charge is 0.129 e. The van der Waals surface area contributed by atoms with Gasteiger partial charge in [-0.1, -0.05) is 13.3 Å². The van der Waals surface area contributed by atoms with Crippen molar-refractivity contribution < 1.29 is 4.42 Å². The van der Waals surface area contributed by atoms with Crippen molar-refractivity contribution in [3.63, 3.8) is 0 Å². The lowest BCUT2D eigenvalue weighted by Gasteiger charge is -2.23. The number of hydrogen-bond acceptors (Lipinski definition) is 3. The number of hydrogen-bond donors (Lipinski definition) is 0. The number of aromatic nitrogens is 1. The summed E-state index contributed by atoms with van der Waals surface area (Å²) in [6.45, 7) is 2.96. The second-order valence-electron chi connectivity index (χ2n) is 5.65. The fraction of sp³-hybridized carbons (Fsp3) is 0.471. The van der Waals surface area contributed by atoms with Crippen molar-refractivity contribution in [1.82, 2.24) is 4.98 Å². The summed E-state index contributed by atoms with van der Waals surface area (Å²) in [4.78, 5) is 7.19. The van der Waals surface area contributed by atoms with E-state index in [4.69, 9.17) is 21.0 Å². The molecule has 2 aromatic rings. The predicted octanol–water partition coefficient (Wildman–Crippen LogP) is 4.53. The van der Waals surface area contributed by atoms with Crippen molar-refractivity contribution >= 4 is 17.4 Å². The summed E-state index contributed by atoms with van der Waals surface area (Å²) in [5, 5.41) is 0. The van der Waals surface area contributed by atoms with Crippen LogP contribution in [0.2, 0.25) is 0 Å². The monoisotopic (exact) mass is 304 g/mol. The van der Waals surface area contributed by atoms with Crippen LogP contribution in [0.15, 0.2) is 34.9 Å². The Labute approximate surface area is 130 Å². The Morgan fingerprint density at radius 1 is 1.38 bits per heavy atom. The largest absolute Gasteiger partial charge is 0.467 e. The average Bonchev–Trinajstić information content (AvgIpc) is 3.21. The Kier molecular flexibility index (Phi) is 4.49. The van der Waals surface area contributed by atoms with Gasteiger partial charge in [-0.25, -0.2) is 4.98 Å². The van der Waals surface area contributed by atoms with Gasteiger partial charge < -0.3 is 9.32 Å². The first-order valence-corrected chi connectivity index (χ1v) is 8.18. The second kappa shape index (κ2) is 6.52. The predicted molar refractivity (Wildman–Crippen MR) is 85.7 cm³/mol. The van der Waals surface area contributed by atoms with E-state index in [0.29, 0.717) is 11.9 Å². The summed E-state index contributed by atoms with van der Waals surface area (Å²) in [7, 11) is 0. The molecule has 1 aliphatic carbocycles. The Balaban J connectivity index is 1.88. The quantitative estimate of drug-likeness (QED) is 0.704. The number of alkyl halides is 1. The number of anilines is 1. The van der Waals surface area contributed by atoms with Crippen LogP contribution in [0.1, 0.15) is 43.2 Å². The van der Waals surface area contributed by atoms with Crippen LogP contribution in [-0.4, -0.2) is 11.0 Å². The van der Waals surface area contributed by atoms with E-state index in [2.05, 4.69) is 24.0 Å². The minimum Gasteiger partial charge on any atom is -0.467 e. The summed E-state index contributed by atoms with van der Waals surface area (Å²) in [6, 6.07) is 8.78. The molecule has 0 radical (unpaired) electrons. The molecule has 0 saturated heterocycles. The van der Waals surface area contributed by atoms with Crippen LogP contribution in [0.5, 0.6) is 0 Å². The molecule has 2 aromatic heterocycles. The molecule has 1 saturated carbocycles. The van der Waals surface area contributed by atoms with Crippen LogP contribution >= 0.6 is 11.6 Å². The van der Waals surface area contributed by atoms with Crippen molar-refractivity contribution in [2.45, 2.75) is 51.1 Å². The van der Waals surface area contributed by atoms with Crippen molar-refractivity contribution in [2.24, 2.45) is 0 Å². The fourth-order valence-corrected chi connectivity index (χ4v) is 2.75. The number of rotatable bonds is 7. The summed E-state index contributed by atoms with van der Waals surface area (Å²) < 4.78 is 5.50. The molecule has 3 nitrogen and oxygen atoms in total. The molecule has 0 unspecified atom stereocenters. The van der Waals surface area contributed by atoms with Gasteiger partial charge in [0.05, 0.1) is 12.8 Å². The van der Waals surface area contributed by atoms with Crippen LogP contribution in [0.4, 0.5) is 5.82 Å². The highest BCUT2D eigenvalue weighted by Crippen LogP contribution is 2.33. The van der Waals surface area contributed by atoms with Gasteiger partial charge in [0.15, 0.2) is 0 Å². The Bertz CT molecular complexity index is 578. The van der Waals surface area contributed by atoms with Crippen LogP contribution in [0.25, 0.3) is 0 Å². The first-order chi connectivity index (χ1) is 10.3. The molecule has 112 valence electrons. The van der Waals surface area contributed by atoms with E-state index in [1.54, 1.807) is 6.26 Å². The normalized spacial score (nSPS) is 14.4. The van der Waals surface area contributed by atoms with Gasteiger partial charge in [-0.2, -0.15) is 0 Å². The number of aryl methyl sites for hydroxylation is 1. The summed E-state index contributed by atoms with van der Waals surface area (Å²) in [6.07, 6.45) is 6.29. The van der Waals surface area contributed by atoms with Crippen LogP contribution in [0, 0.1) is 0 Å². The van der Waals surface area contributed by atoms with Crippen LogP contribution in [0.3, 0.4) is 0 Å². The van der Waals surface area contributed by atoms with E-state index in [1.165, 1.54) is 12.8 Å². The highest BCUT2D eigenvalue weighted by molar-refractivity contribution is 6.17. The number of nitrogens with zero attached hydrogens (tertiary/aromatic N) is 2. The van der Waals surface area contributed by atoms with Gasteiger partial charge >= 0.3 is 0 Å². The minimum absolute atomic E-state index is 0.533. The second-order valence-corrected chi connectivity index (χ2v) is 5.91. The van der Waals surface area contributed by atoms with E-state index in [-0.39, 0.29) is 0 Å². The van der Waals surface area contributed by atoms with Crippen LogP contribution < -0.4 is 4.90 Å². The molecule has 0 bridgehead atoms. The van der Waals surface area contributed by atoms with Gasteiger partial charge in [-0.15, -0.1) is 11.6 Å². The van der Waals surface area contributed by atoms with E-state index in [0.717, 1.165) is 42.2 Å². The standard InChI is InChI=1S/C17H21ClN2O/c1-2-4-14-9-13(11-18)10-17(19-14)20(15-6-7-15)12-16-5-3-8-21-16/h3,5,8-10,15H,2,4,6-7,11-12H2,1H3. The molecule has 0 spiro atoms. The first kappa shape index (κ1) is 14.5. The third kappa shape index (κ3) is 3.59. The average molecular weight is 305 g/mol. The third-order valence-electron chi connectivity index (χ3n) is 3.77. The molecule has 2 heterocycles. The zero-order chi connectivity index (χ0) is 14.7. The van der Waals surface area contributed by atoms with Gasteiger partial charge in [0.2, 0.25) is 0 Å². The summed E-state index contributed by atoms with van der Waals surface area (Å²) >= 11 is 6.05. The lowest BCUT2D eigenvalue weighted by atomic mass is 10.1. The first-order valence-electron chi connectivity index (χ1n) is 7.65. The van der Waals surface area contributed by atoms with E-state index >= 15 is 0 Å². The Hall–Kier alpha value is -1.48. The maximum absolute atomic E-state index is 6.05. The molecule has 0 atom stereocenters. The molecule has 4 heteroatoms. The SMILES string of the molecule is CCCc1cc(CCl)cc(N(Cc2ccco2)C2CC2)n1. The van der Waals surface area contributed by atoms with Crippen molar-refractivity contribution in [2.75, 3.05) is 4.90 Å². The Morgan fingerprint density at radius 2 is 2.24 bits per heavy atom. The molecular formula is C17H21ClN2O. The van der Waals surface area contributed by atoms with Crippen molar-refractivity contribution in [3.8, 4) is 0 Å². The van der Waals surface area contributed by atoms with E-state index in [1.807, 2.05) is 12.1 Å². The molecule has 0 aromatic carbocycles. The molecular weight excluding hydrogens is 284 g/mol. The lowest BCUT2D eigenvalue weighted by molar-refractivity contribution is 0.500. The molecule has 1 fully saturated rings. The van der Waals surface area contributed by atoms with Gasteiger partial charge in [0, 0.05) is 17.6 Å². The van der Waals surface area contributed by atoms with E-state index in [9.17, 15) is 0 Å². The van der Waals surface area contributed by atoms with Crippen molar-refractivity contribution in [1.29, 1.82) is 0 Å². The van der Waals surface area contributed by atoms with Gasteiger partial charge in [-0.05, 0) is 49.1 Å². The fourth-order valence-electron chi connectivity index (χ4n) is 2.60. The number of furan rings is 1. The summed E-state index contributed by atoms with van der Waals surface area (Å²) in [5.41, 5.74) is 2.28. The maximum atomic E-state index is 6.05. The third-order valence-corrected chi connectivity index (χ3v) is 4.08. The molecule has 0 N–H and O–H groups in total. The minimum atomic E-state index is 0.533. The summed E-state index contributed by atoms with van der Waals surface area (Å²) in [5.74, 6) is 2.55.